The number of carbonyl (C=O) groups excluding carboxylic acids is 2. The van der Waals surface area contributed by atoms with Gasteiger partial charge in [0.05, 0.1) is 85.8 Å². The van der Waals surface area contributed by atoms with Gasteiger partial charge in [0.1, 0.15) is 0 Å². The van der Waals surface area contributed by atoms with Crippen LogP contribution < -0.4 is 16.8 Å². The van der Waals surface area contributed by atoms with Crippen molar-refractivity contribution in [3.05, 3.63) is 0 Å². The highest BCUT2D eigenvalue weighted by molar-refractivity contribution is 5.83. The quantitative estimate of drug-likeness (QED) is 0.173. The third kappa shape index (κ3) is 22.7. The highest BCUT2D eigenvalue weighted by atomic mass is 16.6. The van der Waals surface area contributed by atoms with Crippen LogP contribution in [0, 0.1) is 0 Å². The van der Waals surface area contributed by atoms with Crippen LogP contribution in [0.3, 0.4) is 0 Å². The lowest BCUT2D eigenvalue weighted by Gasteiger charge is -2.08. The molecule has 0 saturated heterocycles. The topological polar surface area (TPSA) is 154 Å². The highest BCUT2D eigenvalue weighted by Gasteiger charge is 2.02. The van der Waals surface area contributed by atoms with E-state index in [-0.39, 0.29) is 25.5 Å². The van der Waals surface area contributed by atoms with Crippen LogP contribution >= 0.6 is 0 Å². The van der Waals surface area contributed by atoms with Gasteiger partial charge in [0.25, 0.3) is 0 Å². The van der Waals surface area contributed by atoms with Crippen LogP contribution in [0.15, 0.2) is 0 Å². The van der Waals surface area contributed by atoms with Crippen LogP contribution in [0.2, 0.25) is 0 Å². The van der Waals surface area contributed by atoms with E-state index in [1.807, 2.05) is 0 Å². The first-order valence-corrected chi connectivity index (χ1v) is 9.38. The Morgan fingerprint density at radius 2 is 0.964 bits per heavy atom. The average molecular weight is 409 g/mol. The van der Waals surface area contributed by atoms with Gasteiger partial charge in [-0.1, -0.05) is 0 Å². The number of primary amides is 1. The Morgan fingerprint density at radius 3 is 1.32 bits per heavy atom. The third-order valence-corrected chi connectivity index (χ3v) is 3.06. The van der Waals surface area contributed by atoms with Gasteiger partial charge in [-0.05, 0) is 0 Å². The van der Waals surface area contributed by atoms with Gasteiger partial charge in [-0.25, -0.2) is 0 Å². The number of rotatable bonds is 22. The molecule has 0 aliphatic heterocycles. The van der Waals surface area contributed by atoms with Crippen molar-refractivity contribution in [2.75, 3.05) is 92.4 Å². The molecule has 2 amide bonds. The smallest absolute Gasteiger partial charge is 0.236 e. The van der Waals surface area contributed by atoms with Gasteiger partial charge in [0.2, 0.25) is 11.8 Å². The first kappa shape index (κ1) is 26.7. The molecule has 5 N–H and O–H groups in total. The molecule has 0 radical (unpaired) electrons. The monoisotopic (exact) mass is 409 g/mol. The molecule has 0 fully saturated rings. The minimum absolute atomic E-state index is 0.161. The molecule has 0 heterocycles. The lowest BCUT2D eigenvalue weighted by atomic mass is 10.4. The van der Waals surface area contributed by atoms with Crippen molar-refractivity contribution in [1.82, 2.24) is 5.32 Å². The Morgan fingerprint density at radius 1 is 0.607 bits per heavy atom. The fraction of sp³-hybridized carbons (Fsp3) is 0.882. The summed E-state index contributed by atoms with van der Waals surface area (Å²) < 4.78 is 31.8. The minimum Gasteiger partial charge on any atom is -0.379 e. The molecule has 0 saturated carbocycles. The lowest BCUT2D eigenvalue weighted by molar-refractivity contribution is -0.125. The molecule has 166 valence electrons. The van der Waals surface area contributed by atoms with Crippen LogP contribution in [0.1, 0.15) is 6.42 Å². The number of nitrogens with one attached hydrogen (secondary N) is 1. The Hall–Kier alpha value is -1.34. The van der Waals surface area contributed by atoms with E-state index in [9.17, 15) is 9.59 Å². The van der Waals surface area contributed by atoms with Gasteiger partial charge in [0.15, 0.2) is 0 Å². The van der Waals surface area contributed by atoms with Crippen molar-refractivity contribution >= 4 is 11.8 Å². The molecule has 0 rings (SSSR count). The summed E-state index contributed by atoms with van der Waals surface area (Å²) in [6.45, 7) is 5.94. The normalized spacial score (nSPS) is 10.9. The van der Waals surface area contributed by atoms with Gasteiger partial charge in [-0.2, -0.15) is 0 Å². The maximum atomic E-state index is 11.3. The zero-order valence-electron chi connectivity index (χ0n) is 16.5. The molecule has 11 nitrogen and oxygen atoms in total. The fourth-order valence-corrected chi connectivity index (χ4v) is 1.72. The van der Waals surface area contributed by atoms with Crippen molar-refractivity contribution in [3.63, 3.8) is 0 Å². The Kier molecular flexibility index (Phi) is 20.9. The summed E-state index contributed by atoms with van der Waals surface area (Å²) in [4.78, 5) is 21.7. The number of hydrogen-bond acceptors (Lipinski definition) is 9. The van der Waals surface area contributed by atoms with Crippen LogP contribution in [0.5, 0.6) is 0 Å². The molecule has 0 aliphatic rings. The molecule has 0 aromatic heterocycles. The molecule has 0 unspecified atom stereocenters. The predicted molar refractivity (Wildman–Crippen MR) is 101 cm³/mol. The fourth-order valence-electron chi connectivity index (χ4n) is 1.72. The Balaban J connectivity index is 3.08. The second-order valence-electron chi connectivity index (χ2n) is 5.46. The first-order valence-electron chi connectivity index (χ1n) is 9.38. The van der Waals surface area contributed by atoms with Gasteiger partial charge in [-0.15, -0.1) is 0 Å². The average Bonchev–Trinajstić information content (AvgIpc) is 2.68. The lowest BCUT2D eigenvalue weighted by Crippen LogP contribution is -2.33. The summed E-state index contributed by atoms with van der Waals surface area (Å²) in [5.41, 5.74) is 10.2. The minimum atomic E-state index is -0.578. The number of hydrogen-bond donors (Lipinski definition) is 3. The van der Waals surface area contributed by atoms with E-state index in [0.717, 1.165) is 0 Å². The molecule has 0 spiro atoms. The summed E-state index contributed by atoms with van der Waals surface area (Å²) in [5, 5.41) is 2.37. The molecule has 11 heteroatoms. The van der Waals surface area contributed by atoms with Gasteiger partial charge < -0.3 is 45.2 Å². The van der Waals surface area contributed by atoms with E-state index in [1.165, 1.54) is 0 Å². The van der Waals surface area contributed by atoms with Crippen LogP contribution in [0.25, 0.3) is 0 Å². The molecule has 0 aliphatic carbocycles. The maximum absolute atomic E-state index is 11.3. The molecule has 28 heavy (non-hydrogen) atoms. The van der Waals surface area contributed by atoms with E-state index < -0.39 is 5.91 Å². The largest absolute Gasteiger partial charge is 0.379 e. The number of carbonyl (C=O) groups is 2. The van der Waals surface area contributed by atoms with Crippen molar-refractivity contribution in [3.8, 4) is 0 Å². The molecule has 0 bridgehead atoms. The zero-order chi connectivity index (χ0) is 20.7. The second kappa shape index (κ2) is 22.0. The molecule has 0 aromatic rings. The van der Waals surface area contributed by atoms with Crippen molar-refractivity contribution < 1.29 is 38.0 Å². The Labute approximate surface area is 166 Å². The van der Waals surface area contributed by atoms with Gasteiger partial charge in [-0.3, -0.25) is 9.59 Å². The van der Waals surface area contributed by atoms with Crippen LogP contribution in [-0.2, 0) is 38.0 Å². The van der Waals surface area contributed by atoms with Crippen molar-refractivity contribution in [2.24, 2.45) is 11.5 Å². The van der Waals surface area contributed by atoms with Gasteiger partial charge >= 0.3 is 0 Å². The Bertz CT molecular complexity index is 374. The SMILES string of the molecule is NCCOCCOCCOCCOCCOCCOCCC(=O)NCC(N)=O. The maximum Gasteiger partial charge on any atom is 0.236 e. The summed E-state index contributed by atoms with van der Waals surface area (Å²) in [6, 6.07) is 0. The first-order chi connectivity index (χ1) is 13.7. The predicted octanol–water partition coefficient (Wildman–Crippen LogP) is -1.96. The van der Waals surface area contributed by atoms with Crippen molar-refractivity contribution in [2.45, 2.75) is 6.42 Å². The second-order valence-corrected chi connectivity index (χ2v) is 5.46. The molecular weight excluding hydrogens is 374 g/mol. The van der Waals surface area contributed by atoms with E-state index in [4.69, 9.17) is 39.9 Å². The van der Waals surface area contributed by atoms with Crippen LogP contribution in [0.4, 0.5) is 0 Å². The molecule has 0 aromatic carbocycles. The number of ether oxygens (including phenoxy) is 6. The molecular formula is C17H35N3O8. The summed E-state index contributed by atoms with van der Waals surface area (Å²) in [6.07, 6.45) is 0.170. The zero-order valence-corrected chi connectivity index (χ0v) is 16.5. The van der Waals surface area contributed by atoms with E-state index in [0.29, 0.717) is 79.2 Å². The number of nitrogens with two attached hydrogens (primary N) is 2. The standard InChI is InChI=1S/C17H35N3O8/c18-2-4-24-6-8-26-10-12-28-14-13-27-11-9-25-7-5-23-3-1-17(22)20-15-16(19)21/h1-15,18H2,(H2,19,21)(H,20,22). The van der Waals surface area contributed by atoms with Crippen molar-refractivity contribution in [1.29, 1.82) is 0 Å². The highest BCUT2D eigenvalue weighted by Crippen LogP contribution is 1.86. The van der Waals surface area contributed by atoms with E-state index in [1.54, 1.807) is 0 Å². The van der Waals surface area contributed by atoms with Gasteiger partial charge in [0, 0.05) is 13.0 Å². The van der Waals surface area contributed by atoms with Crippen LogP contribution in [-0.4, -0.2) is 104 Å². The number of amides is 2. The summed E-state index contributed by atoms with van der Waals surface area (Å²) in [7, 11) is 0. The van der Waals surface area contributed by atoms with E-state index >= 15 is 0 Å². The summed E-state index contributed by atoms with van der Waals surface area (Å²) >= 11 is 0. The summed E-state index contributed by atoms with van der Waals surface area (Å²) in [5.74, 6) is -0.857. The molecule has 0 atom stereocenters. The third-order valence-electron chi connectivity index (χ3n) is 3.06. The van der Waals surface area contributed by atoms with E-state index in [2.05, 4.69) is 5.32 Å².